The van der Waals surface area contributed by atoms with Crippen LogP contribution in [0, 0.1) is 6.42 Å². The molecule has 0 amide bonds. The number of nitrogens with zero attached hydrogens (tertiary/aromatic N) is 2. The minimum Gasteiger partial charge on any atom is -0.662 e. The van der Waals surface area contributed by atoms with E-state index in [2.05, 4.69) is 10.3 Å². The predicted molar refractivity (Wildman–Crippen MR) is 50.6 cm³/mol. The third-order valence-electron chi connectivity index (χ3n) is 1.59. The first-order valence-electron chi connectivity index (χ1n) is 3.79. The summed E-state index contributed by atoms with van der Waals surface area (Å²) in [6.45, 7) is 0. The molecule has 2 heterocycles. The summed E-state index contributed by atoms with van der Waals surface area (Å²) < 4.78 is 0. The first-order valence-corrected chi connectivity index (χ1v) is 3.79. The standard InChI is InChI=1S/C10H8N2/c1-3-7-11-9(5-1)10-6-2-4-8-12-10/h1-8H/q-1/b10-9-. The molecule has 1 radical (unpaired) electrons. The van der Waals surface area contributed by atoms with Crippen molar-refractivity contribution in [3.8, 4) is 0 Å². The maximum absolute atomic E-state index is 4.19. The van der Waals surface area contributed by atoms with E-state index in [1.165, 1.54) is 0 Å². The van der Waals surface area contributed by atoms with E-state index in [4.69, 9.17) is 0 Å². The van der Waals surface area contributed by atoms with Crippen LogP contribution in [-0.4, -0.2) is 6.21 Å². The quantitative estimate of drug-likeness (QED) is 0.515. The molecule has 0 saturated carbocycles. The molecule has 2 nitrogen and oxygen atoms in total. The average Bonchev–Trinajstić information content (AvgIpc) is 2.21. The Bertz CT molecular complexity index is 303. The Morgan fingerprint density at radius 2 is 2.08 bits per heavy atom. The van der Waals surface area contributed by atoms with Gasteiger partial charge in [0.1, 0.15) is 0 Å². The van der Waals surface area contributed by atoms with Crippen molar-refractivity contribution in [1.82, 2.24) is 0 Å². The highest BCUT2D eigenvalue weighted by Gasteiger charge is 1.94. The number of rotatable bonds is 0. The smallest absolute Gasteiger partial charge is 0.0476 e. The summed E-state index contributed by atoms with van der Waals surface area (Å²) in [5, 5.41) is 4.19. The summed E-state index contributed by atoms with van der Waals surface area (Å²) in [5.41, 5.74) is 1.83. The molecular weight excluding hydrogens is 148 g/mol. The molecular formula is C10H8N2-. The lowest BCUT2D eigenvalue weighted by Gasteiger charge is -2.22. The van der Waals surface area contributed by atoms with Crippen LogP contribution in [0.3, 0.4) is 0 Å². The van der Waals surface area contributed by atoms with Crippen molar-refractivity contribution in [2.45, 2.75) is 0 Å². The predicted octanol–water partition coefficient (Wildman–Crippen LogP) is 2.50. The van der Waals surface area contributed by atoms with Gasteiger partial charge in [-0.15, -0.1) is 5.70 Å². The number of allylic oxidation sites excluding steroid dienone is 5. The van der Waals surface area contributed by atoms with Gasteiger partial charge in [0.15, 0.2) is 0 Å². The van der Waals surface area contributed by atoms with E-state index in [-0.39, 0.29) is 0 Å². The van der Waals surface area contributed by atoms with Crippen molar-refractivity contribution in [3.05, 3.63) is 59.7 Å². The molecule has 0 aliphatic carbocycles. The van der Waals surface area contributed by atoms with Crippen LogP contribution in [0.4, 0.5) is 0 Å². The lowest BCUT2D eigenvalue weighted by molar-refractivity contribution is 1.32. The zero-order chi connectivity index (χ0) is 8.23. The summed E-state index contributed by atoms with van der Waals surface area (Å²) >= 11 is 0. The Hall–Kier alpha value is -1.57. The van der Waals surface area contributed by atoms with Gasteiger partial charge in [0, 0.05) is 18.3 Å². The molecule has 0 atom stereocenters. The Balaban J connectivity index is 2.29. The molecule has 0 fully saturated rings. The molecule has 0 unspecified atom stereocenters. The Morgan fingerprint density at radius 1 is 1.08 bits per heavy atom. The largest absolute Gasteiger partial charge is 0.662 e. The average molecular weight is 156 g/mol. The van der Waals surface area contributed by atoms with Crippen LogP contribution in [0.2, 0.25) is 0 Å². The highest BCUT2D eigenvalue weighted by atomic mass is 14.9. The van der Waals surface area contributed by atoms with Gasteiger partial charge in [0.05, 0.1) is 0 Å². The lowest BCUT2D eigenvalue weighted by atomic mass is 10.2. The van der Waals surface area contributed by atoms with Crippen molar-refractivity contribution >= 4 is 6.21 Å². The number of hydrogen-bond donors (Lipinski definition) is 0. The molecule has 2 heteroatoms. The summed E-state index contributed by atoms with van der Waals surface area (Å²) in [6, 6.07) is 0. The minimum atomic E-state index is 0.915. The van der Waals surface area contributed by atoms with Gasteiger partial charge in [-0.1, -0.05) is 24.3 Å². The SMILES string of the molecule is [CH]1C=C/C(=C2\C=CC=C[N-]2)N=C1. The molecule has 0 saturated heterocycles. The molecule has 59 valence electrons. The van der Waals surface area contributed by atoms with Gasteiger partial charge >= 0.3 is 0 Å². The number of aliphatic imine (C=N–C) groups is 1. The van der Waals surface area contributed by atoms with Crippen LogP contribution >= 0.6 is 0 Å². The van der Waals surface area contributed by atoms with Crippen LogP contribution in [0.15, 0.2) is 53.0 Å². The molecule has 2 rings (SSSR count). The highest BCUT2D eigenvalue weighted by molar-refractivity contribution is 5.75. The van der Waals surface area contributed by atoms with Crippen molar-refractivity contribution in [1.29, 1.82) is 0 Å². The Morgan fingerprint density at radius 3 is 2.75 bits per heavy atom. The summed E-state index contributed by atoms with van der Waals surface area (Å²) in [4.78, 5) is 4.19. The van der Waals surface area contributed by atoms with Crippen LogP contribution in [0.5, 0.6) is 0 Å². The third kappa shape index (κ3) is 1.37. The normalized spacial score (nSPS) is 26.0. The van der Waals surface area contributed by atoms with Gasteiger partial charge in [-0.2, -0.15) is 6.20 Å². The maximum atomic E-state index is 4.19. The second-order valence-corrected chi connectivity index (χ2v) is 2.43. The molecule has 0 aromatic rings. The van der Waals surface area contributed by atoms with Gasteiger partial charge in [-0.25, -0.2) is 0 Å². The van der Waals surface area contributed by atoms with E-state index < -0.39 is 0 Å². The van der Waals surface area contributed by atoms with E-state index in [0.717, 1.165) is 11.4 Å². The fourth-order valence-corrected chi connectivity index (χ4v) is 1.03. The molecule has 0 bridgehead atoms. The molecule has 0 aromatic heterocycles. The first-order chi connectivity index (χ1) is 5.97. The molecule has 12 heavy (non-hydrogen) atoms. The molecule has 2 aliphatic heterocycles. The van der Waals surface area contributed by atoms with E-state index in [1.807, 2.05) is 36.8 Å². The number of hydrogen-bond acceptors (Lipinski definition) is 1. The summed E-state index contributed by atoms with van der Waals surface area (Å²) in [6.07, 6.45) is 15.1. The second-order valence-electron chi connectivity index (χ2n) is 2.43. The summed E-state index contributed by atoms with van der Waals surface area (Å²) in [5.74, 6) is 0. The van der Waals surface area contributed by atoms with E-state index in [1.54, 1.807) is 12.4 Å². The summed E-state index contributed by atoms with van der Waals surface area (Å²) in [7, 11) is 0. The van der Waals surface area contributed by atoms with Gasteiger partial charge in [0.25, 0.3) is 0 Å². The number of dihydropyridines is 1. The van der Waals surface area contributed by atoms with Crippen molar-refractivity contribution in [2.24, 2.45) is 4.99 Å². The second kappa shape index (κ2) is 3.22. The van der Waals surface area contributed by atoms with Crippen LogP contribution in [0.25, 0.3) is 5.32 Å². The van der Waals surface area contributed by atoms with Crippen molar-refractivity contribution in [3.63, 3.8) is 0 Å². The van der Waals surface area contributed by atoms with Crippen molar-refractivity contribution in [2.75, 3.05) is 0 Å². The Kier molecular flexibility index (Phi) is 1.90. The van der Waals surface area contributed by atoms with Crippen LogP contribution in [0.1, 0.15) is 0 Å². The minimum absolute atomic E-state index is 0.915. The lowest BCUT2D eigenvalue weighted by Crippen LogP contribution is -1.89. The van der Waals surface area contributed by atoms with Crippen LogP contribution in [-0.2, 0) is 0 Å². The zero-order valence-corrected chi connectivity index (χ0v) is 6.51. The van der Waals surface area contributed by atoms with Crippen LogP contribution < -0.4 is 0 Å². The zero-order valence-electron chi connectivity index (χ0n) is 6.51. The van der Waals surface area contributed by atoms with Gasteiger partial charge in [0.2, 0.25) is 0 Å². The van der Waals surface area contributed by atoms with E-state index >= 15 is 0 Å². The first kappa shape index (κ1) is 7.10. The van der Waals surface area contributed by atoms with E-state index in [9.17, 15) is 0 Å². The molecule has 0 spiro atoms. The fraction of sp³-hybridized carbons (Fsp3) is 0. The highest BCUT2D eigenvalue weighted by Crippen LogP contribution is 2.20. The monoisotopic (exact) mass is 156 g/mol. The molecule has 2 aliphatic rings. The molecule has 0 aromatic carbocycles. The van der Waals surface area contributed by atoms with Gasteiger partial charge < -0.3 is 5.32 Å². The maximum Gasteiger partial charge on any atom is 0.0476 e. The van der Waals surface area contributed by atoms with Crippen molar-refractivity contribution < 1.29 is 0 Å². The van der Waals surface area contributed by atoms with Gasteiger partial charge in [-0.3, -0.25) is 4.99 Å². The third-order valence-corrected chi connectivity index (χ3v) is 1.59. The molecule has 0 N–H and O–H groups in total. The Labute approximate surface area is 71.7 Å². The topological polar surface area (TPSA) is 26.5 Å². The van der Waals surface area contributed by atoms with E-state index in [0.29, 0.717) is 0 Å². The fourth-order valence-electron chi connectivity index (χ4n) is 1.03. The van der Waals surface area contributed by atoms with Gasteiger partial charge in [-0.05, 0) is 6.08 Å².